The highest BCUT2D eigenvalue weighted by Gasteiger charge is 2.14. The standard InChI is InChI=1S/C14H14N4O/c1-9(14(19)16-2)17-13-11(8-15)7-10-5-3-4-6-12(10)18-13/h3-7,9H,1-2H3,(H,16,19)(H,17,18). The lowest BCUT2D eigenvalue weighted by Crippen LogP contribution is -2.35. The molecule has 0 fully saturated rings. The molecule has 0 aliphatic carbocycles. The third-order valence-electron chi connectivity index (χ3n) is 2.84. The van der Waals surface area contributed by atoms with Crippen LogP contribution in [-0.2, 0) is 4.79 Å². The van der Waals surface area contributed by atoms with E-state index in [1.165, 1.54) is 0 Å². The Kier molecular flexibility index (Phi) is 3.62. The Balaban J connectivity index is 2.42. The number of carbonyl (C=O) groups is 1. The van der Waals surface area contributed by atoms with Crippen molar-refractivity contribution in [3.05, 3.63) is 35.9 Å². The minimum absolute atomic E-state index is 0.154. The number of para-hydroxylation sites is 1. The molecule has 0 aliphatic heterocycles. The van der Waals surface area contributed by atoms with E-state index < -0.39 is 6.04 Å². The van der Waals surface area contributed by atoms with Crippen LogP contribution in [0.3, 0.4) is 0 Å². The molecule has 96 valence electrons. The Morgan fingerprint density at radius 1 is 1.42 bits per heavy atom. The normalized spacial score (nSPS) is 11.6. The first-order valence-corrected chi connectivity index (χ1v) is 5.93. The van der Waals surface area contributed by atoms with E-state index in [1.807, 2.05) is 24.3 Å². The first-order chi connectivity index (χ1) is 9.15. The first kappa shape index (κ1) is 12.8. The van der Waals surface area contributed by atoms with Gasteiger partial charge >= 0.3 is 0 Å². The number of amides is 1. The molecule has 1 atom stereocenters. The van der Waals surface area contributed by atoms with Crippen LogP contribution < -0.4 is 10.6 Å². The van der Waals surface area contributed by atoms with Gasteiger partial charge in [0.2, 0.25) is 5.91 Å². The van der Waals surface area contributed by atoms with Crippen molar-refractivity contribution in [2.75, 3.05) is 12.4 Å². The number of nitrogens with zero attached hydrogens (tertiary/aromatic N) is 2. The van der Waals surface area contributed by atoms with Gasteiger partial charge < -0.3 is 10.6 Å². The number of aromatic nitrogens is 1. The van der Waals surface area contributed by atoms with Crippen molar-refractivity contribution in [1.82, 2.24) is 10.3 Å². The van der Waals surface area contributed by atoms with Crippen molar-refractivity contribution < 1.29 is 4.79 Å². The number of nitriles is 1. The van der Waals surface area contributed by atoms with Crippen molar-refractivity contribution >= 4 is 22.6 Å². The van der Waals surface area contributed by atoms with Gasteiger partial charge in [-0.25, -0.2) is 4.98 Å². The third-order valence-corrected chi connectivity index (χ3v) is 2.84. The van der Waals surface area contributed by atoms with Gasteiger partial charge in [-0.05, 0) is 19.1 Å². The number of carbonyl (C=O) groups excluding carboxylic acids is 1. The van der Waals surface area contributed by atoms with E-state index in [4.69, 9.17) is 5.26 Å². The van der Waals surface area contributed by atoms with E-state index >= 15 is 0 Å². The smallest absolute Gasteiger partial charge is 0.241 e. The lowest BCUT2D eigenvalue weighted by Gasteiger charge is -2.14. The molecule has 1 aromatic heterocycles. The molecule has 2 aromatic rings. The molecule has 0 bridgehead atoms. The topological polar surface area (TPSA) is 77.8 Å². The van der Waals surface area contributed by atoms with E-state index in [2.05, 4.69) is 21.7 Å². The SMILES string of the molecule is CNC(=O)C(C)Nc1nc2ccccc2cc1C#N. The summed E-state index contributed by atoms with van der Waals surface area (Å²) in [6.07, 6.45) is 0. The van der Waals surface area contributed by atoms with Crippen LogP contribution in [0.5, 0.6) is 0 Å². The average Bonchev–Trinajstić information content (AvgIpc) is 2.45. The van der Waals surface area contributed by atoms with E-state index in [-0.39, 0.29) is 5.91 Å². The summed E-state index contributed by atoms with van der Waals surface area (Å²) in [5.74, 6) is 0.274. The summed E-state index contributed by atoms with van der Waals surface area (Å²) in [6.45, 7) is 1.72. The summed E-state index contributed by atoms with van der Waals surface area (Å²) >= 11 is 0. The molecule has 2 N–H and O–H groups in total. The number of benzene rings is 1. The molecule has 1 heterocycles. The molecule has 1 aromatic carbocycles. The van der Waals surface area contributed by atoms with Crippen LogP contribution in [0.25, 0.3) is 10.9 Å². The predicted octanol–water partition coefficient (Wildman–Crippen LogP) is 1.65. The van der Waals surface area contributed by atoms with Crippen LogP contribution in [0.2, 0.25) is 0 Å². The highest BCUT2D eigenvalue weighted by atomic mass is 16.2. The van der Waals surface area contributed by atoms with E-state index in [0.717, 1.165) is 10.9 Å². The molecule has 0 spiro atoms. The zero-order valence-corrected chi connectivity index (χ0v) is 10.8. The number of hydrogen-bond acceptors (Lipinski definition) is 4. The van der Waals surface area contributed by atoms with Crippen molar-refractivity contribution in [2.45, 2.75) is 13.0 Å². The predicted molar refractivity (Wildman–Crippen MR) is 73.6 cm³/mol. The summed E-state index contributed by atoms with van der Waals surface area (Å²) in [7, 11) is 1.57. The fraction of sp³-hybridized carbons (Fsp3) is 0.214. The number of fused-ring (bicyclic) bond motifs is 1. The molecular weight excluding hydrogens is 240 g/mol. The van der Waals surface area contributed by atoms with Gasteiger partial charge in [0.15, 0.2) is 0 Å². The summed E-state index contributed by atoms with van der Waals surface area (Å²) < 4.78 is 0. The molecule has 0 aliphatic rings. The Labute approximate surface area is 111 Å². The van der Waals surface area contributed by atoms with Crippen LogP contribution in [-0.4, -0.2) is 24.0 Å². The molecule has 0 radical (unpaired) electrons. The zero-order valence-electron chi connectivity index (χ0n) is 10.8. The van der Waals surface area contributed by atoms with Gasteiger partial charge in [0.1, 0.15) is 17.9 Å². The second-order valence-electron chi connectivity index (χ2n) is 4.17. The summed E-state index contributed by atoms with van der Waals surface area (Å²) in [5.41, 5.74) is 1.21. The van der Waals surface area contributed by atoms with Gasteiger partial charge in [-0.3, -0.25) is 4.79 Å². The molecule has 1 unspecified atom stereocenters. The van der Waals surface area contributed by atoms with E-state index in [9.17, 15) is 4.79 Å². The molecule has 2 rings (SSSR count). The number of nitrogens with one attached hydrogen (secondary N) is 2. The highest BCUT2D eigenvalue weighted by Crippen LogP contribution is 2.20. The monoisotopic (exact) mass is 254 g/mol. The fourth-order valence-electron chi connectivity index (χ4n) is 1.80. The Morgan fingerprint density at radius 3 is 2.84 bits per heavy atom. The maximum Gasteiger partial charge on any atom is 0.241 e. The Hall–Kier alpha value is -2.61. The molecule has 5 nitrogen and oxygen atoms in total. The number of hydrogen-bond donors (Lipinski definition) is 2. The molecule has 19 heavy (non-hydrogen) atoms. The van der Waals surface area contributed by atoms with Crippen molar-refractivity contribution in [2.24, 2.45) is 0 Å². The number of anilines is 1. The van der Waals surface area contributed by atoms with Gasteiger partial charge in [-0.1, -0.05) is 18.2 Å². The van der Waals surface area contributed by atoms with Gasteiger partial charge in [0.25, 0.3) is 0 Å². The van der Waals surface area contributed by atoms with Crippen molar-refractivity contribution in [3.63, 3.8) is 0 Å². The summed E-state index contributed by atoms with van der Waals surface area (Å²) in [6, 6.07) is 10.9. The van der Waals surface area contributed by atoms with Crippen molar-refractivity contribution in [1.29, 1.82) is 5.26 Å². The second-order valence-corrected chi connectivity index (χ2v) is 4.17. The van der Waals surface area contributed by atoms with E-state index in [1.54, 1.807) is 20.0 Å². The first-order valence-electron chi connectivity index (χ1n) is 5.93. The lowest BCUT2D eigenvalue weighted by atomic mass is 10.1. The van der Waals surface area contributed by atoms with E-state index in [0.29, 0.717) is 11.4 Å². The Morgan fingerprint density at radius 2 is 2.16 bits per heavy atom. The number of likely N-dealkylation sites (N-methyl/N-ethyl adjacent to an activating group) is 1. The molecule has 5 heteroatoms. The van der Waals surface area contributed by atoms with Crippen LogP contribution >= 0.6 is 0 Å². The second kappa shape index (κ2) is 5.36. The molecule has 0 saturated carbocycles. The van der Waals surface area contributed by atoms with Crippen LogP contribution in [0.1, 0.15) is 12.5 Å². The van der Waals surface area contributed by atoms with Crippen molar-refractivity contribution in [3.8, 4) is 6.07 Å². The Bertz CT molecular complexity index is 660. The third kappa shape index (κ3) is 2.63. The van der Waals surface area contributed by atoms with Crippen LogP contribution in [0, 0.1) is 11.3 Å². The molecule has 1 amide bonds. The molecule has 0 saturated heterocycles. The zero-order chi connectivity index (χ0) is 13.8. The maximum absolute atomic E-state index is 11.5. The summed E-state index contributed by atoms with van der Waals surface area (Å²) in [5, 5.41) is 15.6. The summed E-state index contributed by atoms with van der Waals surface area (Å²) in [4.78, 5) is 15.9. The number of rotatable bonds is 3. The maximum atomic E-state index is 11.5. The van der Waals surface area contributed by atoms with Gasteiger partial charge in [0, 0.05) is 12.4 Å². The van der Waals surface area contributed by atoms with Crippen LogP contribution in [0.15, 0.2) is 30.3 Å². The minimum atomic E-state index is -0.453. The lowest BCUT2D eigenvalue weighted by molar-refractivity contribution is -0.121. The fourth-order valence-corrected chi connectivity index (χ4v) is 1.80. The quantitative estimate of drug-likeness (QED) is 0.873. The van der Waals surface area contributed by atoms with Gasteiger partial charge in [0.05, 0.1) is 11.1 Å². The number of pyridine rings is 1. The molecular formula is C14H14N4O. The van der Waals surface area contributed by atoms with Gasteiger partial charge in [-0.15, -0.1) is 0 Å². The largest absolute Gasteiger partial charge is 0.358 e. The highest BCUT2D eigenvalue weighted by molar-refractivity contribution is 5.86. The van der Waals surface area contributed by atoms with Crippen LogP contribution in [0.4, 0.5) is 5.82 Å². The average molecular weight is 254 g/mol. The minimum Gasteiger partial charge on any atom is -0.358 e. The van der Waals surface area contributed by atoms with Gasteiger partial charge in [-0.2, -0.15) is 5.26 Å².